The van der Waals surface area contributed by atoms with Crippen molar-refractivity contribution >= 4 is 11.6 Å². The summed E-state index contributed by atoms with van der Waals surface area (Å²) in [4.78, 5) is 0. The van der Waals surface area contributed by atoms with Gasteiger partial charge in [0.1, 0.15) is 0 Å². The van der Waals surface area contributed by atoms with E-state index in [1.807, 2.05) is 0 Å². The van der Waals surface area contributed by atoms with Crippen LogP contribution in [0.3, 0.4) is 0 Å². The predicted octanol–water partition coefficient (Wildman–Crippen LogP) is 1.27. The van der Waals surface area contributed by atoms with Crippen LogP contribution in [0.1, 0.15) is 18.7 Å². The number of hydrogen-bond donors (Lipinski definition) is 1. The van der Waals surface area contributed by atoms with Crippen LogP contribution >= 0.6 is 11.6 Å². The second-order valence-corrected chi connectivity index (χ2v) is 3.67. The molecule has 72 valence electrons. The molecule has 2 rings (SSSR count). The van der Waals surface area contributed by atoms with Gasteiger partial charge >= 0.3 is 5.35 Å². The minimum Gasteiger partial charge on any atom is -0.412 e. The van der Waals surface area contributed by atoms with Gasteiger partial charge in [-0.2, -0.15) is 0 Å². The van der Waals surface area contributed by atoms with Gasteiger partial charge in [0, 0.05) is 6.42 Å². The molecule has 0 aliphatic carbocycles. The van der Waals surface area contributed by atoms with Gasteiger partial charge in [0.15, 0.2) is 0 Å². The van der Waals surface area contributed by atoms with E-state index in [4.69, 9.17) is 16.0 Å². The smallest absolute Gasteiger partial charge is 0.312 e. The van der Waals surface area contributed by atoms with Crippen molar-refractivity contribution in [1.29, 1.82) is 0 Å². The summed E-state index contributed by atoms with van der Waals surface area (Å²) < 4.78 is 5.11. The Morgan fingerprint density at radius 1 is 1.38 bits per heavy atom. The summed E-state index contributed by atoms with van der Waals surface area (Å²) in [6.45, 7) is 2.18. The fourth-order valence-corrected chi connectivity index (χ4v) is 1.78. The summed E-state index contributed by atoms with van der Waals surface area (Å²) in [5.74, 6) is 1.33. The van der Waals surface area contributed by atoms with Crippen molar-refractivity contribution in [2.75, 3.05) is 13.1 Å². The summed E-state index contributed by atoms with van der Waals surface area (Å²) in [7, 11) is 0. The second-order valence-electron chi connectivity index (χ2n) is 3.35. The van der Waals surface area contributed by atoms with Gasteiger partial charge in [-0.15, -0.1) is 5.10 Å². The summed E-state index contributed by atoms with van der Waals surface area (Å²) >= 11 is 5.53. The molecule has 1 saturated heterocycles. The van der Waals surface area contributed by atoms with E-state index in [2.05, 4.69) is 15.5 Å². The number of piperidine rings is 1. The Bertz CT molecular complexity index is 270. The summed E-state index contributed by atoms with van der Waals surface area (Å²) in [5, 5.41) is 10.9. The molecule has 1 N–H and O–H groups in total. The fourth-order valence-electron chi connectivity index (χ4n) is 1.65. The highest BCUT2D eigenvalue weighted by Gasteiger charge is 2.16. The molecule has 0 atom stereocenters. The van der Waals surface area contributed by atoms with E-state index >= 15 is 0 Å². The highest BCUT2D eigenvalue weighted by Crippen LogP contribution is 2.17. The number of nitrogens with one attached hydrogen (secondary N) is 1. The third-order valence-electron chi connectivity index (χ3n) is 2.36. The molecule has 0 saturated carbocycles. The van der Waals surface area contributed by atoms with E-state index in [1.165, 1.54) is 12.8 Å². The van der Waals surface area contributed by atoms with Crippen molar-refractivity contribution in [3.8, 4) is 0 Å². The maximum Gasteiger partial charge on any atom is 0.312 e. The molecule has 4 nitrogen and oxygen atoms in total. The average molecular weight is 202 g/mol. The Balaban J connectivity index is 1.89. The SMILES string of the molecule is Clc1nnc(CC2CCNCC2)o1. The van der Waals surface area contributed by atoms with Crippen LogP contribution in [-0.4, -0.2) is 23.3 Å². The van der Waals surface area contributed by atoms with Crippen molar-refractivity contribution in [2.24, 2.45) is 5.92 Å². The molecule has 1 aliphatic rings. The van der Waals surface area contributed by atoms with Crippen LogP contribution < -0.4 is 5.32 Å². The van der Waals surface area contributed by atoms with Gasteiger partial charge in [0.2, 0.25) is 5.89 Å². The van der Waals surface area contributed by atoms with Gasteiger partial charge in [0.25, 0.3) is 0 Å². The van der Waals surface area contributed by atoms with E-state index in [9.17, 15) is 0 Å². The molecule has 0 amide bonds. The lowest BCUT2D eigenvalue weighted by Crippen LogP contribution is -2.28. The summed E-state index contributed by atoms with van der Waals surface area (Å²) in [6.07, 6.45) is 3.22. The van der Waals surface area contributed by atoms with E-state index in [1.54, 1.807) is 0 Å². The molecule has 1 aromatic heterocycles. The monoisotopic (exact) mass is 201 g/mol. The quantitative estimate of drug-likeness (QED) is 0.783. The van der Waals surface area contributed by atoms with Gasteiger partial charge in [-0.1, -0.05) is 5.10 Å². The fraction of sp³-hybridized carbons (Fsp3) is 0.750. The van der Waals surface area contributed by atoms with Crippen LogP contribution in [0, 0.1) is 5.92 Å². The van der Waals surface area contributed by atoms with Gasteiger partial charge < -0.3 is 9.73 Å². The van der Waals surface area contributed by atoms with Crippen molar-refractivity contribution in [2.45, 2.75) is 19.3 Å². The molecule has 1 fully saturated rings. The molecule has 1 aliphatic heterocycles. The highest BCUT2D eigenvalue weighted by atomic mass is 35.5. The maximum atomic E-state index is 5.53. The lowest BCUT2D eigenvalue weighted by Gasteiger charge is -2.20. The zero-order valence-electron chi connectivity index (χ0n) is 7.29. The van der Waals surface area contributed by atoms with E-state index < -0.39 is 0 Å². The summed E-state index contributed by atoms with van der Waals surface area (Å²) in [6, 6.07) is 0. The first-order valence-electron chi connectivity index (χ1n) is 4.53. The first-order valence-corrected chi connectivity index (χ1v) is 4.91. The Kier molecular flexibility index (Phi) is 2.80. The Hall–Kier alpha value is -0.610. The average Bonchev–Trinajstić information content (AvgIpc) is 2.53. The number of hydrogen-bond acceptors (Lipinski definition) is 4. The number of rotatable bonds is 2. The van der Waals surface area contributed by atoms with Gasteiger partial charge in [-0.3, -0.25) is 0 Å². The molecular weight excluding hydrogens is 190 g/mol. The first-order chi connectivity index (χ1) is 6.34. The Labute approximate surface area is 81.7 Å². The molecule has 0 radical (unpaired) electrons. The van der Waals surface area contributed by atoms with E-state index in [-0.39, 0.29) is 5.35 Å². The number of aromatic nitrogens is 2. The third kappa shape index (κ3) is 2.42. The van der Waals surface area contributed by atoms with Crippen LogP contribution in [0.4, 0.5) is 0 Å². The minimum atomic E-state index is 0.143. The van der Waals surface area contributed by atoms with Gasteiger partial charge in [0.05, 0.1) is 0 Å². The van der Waals surface area contributed by atoms with Crippen molar-refractivity contribution in [3.63, 3.8) is 0 Å². The molecule has 0 spiro atoms. The molecule has 5 heteroatoms. The zero-order chi connectivity index (χ0) is 9.10. The molecule has 13 heavy (non-hydrogen) atoms. The zero-order valence-corrected chi connectivity index (χ0v) is 8.05. The van der Waals surface area contributed by atoms with E-state index in [0.717, 1.165) is 19.5 Å². The van der Waals surface area contributed by atoms with Crippen LogP contribution in [0.2, 0.25) is 5.35 Å². The molecule has 0 unspecified atom stereocenters. The van der Waals surface area contributed by atoms with E-state index in [0.29, 0.717) is 11.8 Å². The van der Waals surface area contributed by atoms with Crippen LogP contribution in [0.15, 0.2) is 4.42 Å². The molecular formula is C8H12ClN3O. The predicted molar refractivity (Wildman–Crippen MR) is 48.6 cm³/mol. The Morgan fingerprint density at radius 2 is 2.15 bits per heavy atom. The highest BCUT2D eigenvalue weighted by molar-refractivity contribution is 6.27. The number of halogens is 1. The molecule has 1 aromatic rings. The van der Waals surface area contributed by atoms with Crippen LogP contribution in [0.5, 0.6) is 0 Å². The van der Waals surface area contributed by atoms with Crippen LogP contribution in [-0.2, 0) is 6.42 Å². The molecule has 0 aromatic carbocycles. The lowest BCUT2D eigenvalue weighted by atomic mass is 9.95. The minimum absolute atomic E-state index is 0.143. The molecule has 2 heterocycles. The maximum absolute atomic E-state index is 5.53. The number of nitrogens with zero attached hydrogens (tertiary/aromatic N) is 2. The standard InChI is InChI=1S/C8H12ClN3O/c9-8-12-11-7(13-8)5-6-1-3-10-4-2-6/h6,10H,1-5H2. The Morgan fingerprint density at radius 3 is 2.77 bits per heavy atom. The normalized spacial score (nSPS) is 19.2. The largest absolute Gasteiger partial charge is 0.412 e. The van der Waals surface area contributed by atoms with Crippen molar-refractivity contribution in [3.05, 3.63) is 11.2 Å². The van der Waals surface area contributed by atoms with Crippen LogP contribution in [0.25, 0.3) is 0 Å². The molecule has 0 bridgehead atoms. The van der Waals surface area contributed by atoms with Gasteiger partial charge in [-0.05, 0) is 43.5 Å². The van der Waals surface area contributed by atoms with Gasteiger partial charge in [-0.25, -0.2) is 0 Å². The summed E-state index contributed by atoms with van der Waals surface area (Å²) in [5.41, 5.74) is 0. The third-order valence-corrected chi connectivity index (χ3v) is 2.52. The van der Waals surface area contributed by atoms with Crippen molar-refractivity contribution < 1.29 is 4.42 Å². The second kappa shape index (κ2) is 4.07. The van der Waals surface area contributed by atoms with Crippen molar-refractivity contribution in [1.82, 2.24) is 15.5 Å². The first kappa shape index (κ1) is 8.97. The lowest BCUT2D eigenvalue weighted by molar-refractivity contribution is 0.342. The topological polar surface area (TPSA) is 51.0 Å².